The fourth-order valence-electron chi connectivity index (χ4n) is 5.01. The van der Waals surface area contributed by atoms with E-state index in [0.717, 1.165) is 28.8 Å². The van der Waals surface area contributed by atoms with Crippen LogP contribution in [0.1, 0.15) is 51.9 Å². The number of hydrogen-bond acceptors (Lipinski definition) is 4. The largest absolute Gasteiger partial charge is 0.416 e. The summed E-state index contributed by atoms with van der Waals surface area (Å²) in [6.45, 7) is 2.07. The Morgan fingerprint density at radius 3 is 2.36 bits per heavy atom. The molecule has 1 fully saturated rings. The smallest absolute Gasteiger partial charge is 0.322 e. The van der Waals surface area contributed by atoms with Crippen LogP contribution in [0.4, 0.5) is 13.2 Å². The molecule has 0 aromatic heterocycles. The van der Waals surface area contributed by atoms with Crippen molar-refractivity contribution >= 4 is 34.9 Å². The lowest BCUT2D eigenvalue weighted by atomic mass is 9.95. The van der Waals surface area contributed by atoms with Crippen LogP contribution in [0.3, 0.4) is 0 Å². The molecule has 2 aromatic rings. The molecule has 0 saturated carbocycles. The number of fused-ring (bicyclic) bond motifs is 1. The van der Waals surface area contributed by atoms with E-state index in [1.54, 1.807) is 6.07 Å². The maximum Gasteiger partial charge on any atom is 0.416 e. The molecule has 0 bridgehead atoms. The van der Waals surface area contributed by atoms with Crippen molar-refractivity contribution in [3.63, 3.8) is 0 Å². The van der Waals surface area contributed by atoms with Crippen LogP contribution in [0.25, 0.3) is 5.57 Å². The Morgan fingerprint density at radius 1 is 1.00 bits per heavy atom. The lowest BCUT2D eigenvalue weighted by molar-refractivity contribution is -0.138. The number of piperidine rings is 1. The average molecular weight is 518 g/mol. The summed E-state index contributed by atoms with van der Waals surface area (Å²) in [6.07, 6.45) is -1.13. The molecule has 188 valence electrons. The van der Waals surface area contributed by atoms with Gasteiger partial charge in [-0.25, -0.2) is 0 Å². The molecule has 2 aromatic carbocycles. The first kappa shape index (κ1) is 24.5. The Balaban J connectivity index is 1.28. The second kappa shape index (κ2) is 9.37. The number of carbonyl (C=O) groups excluding carboxylic acids is 3. The molecule has 3 aliphatic heterocycles. The first-order chi connectivity index (χ1) is 17.1. The molecule has 3 amide bonds. The van der Waals surface area contributed by atoms with Gasteiger partial charge in [0.25, 0.3) is 5.91 Å². The van der Waals surface area contributed by atoms with E-state index in [1.165, 1.54) is 17.0 Å². The highest BCUT2D eigenvalue weighted by Gasteiger charge is 2.40. The molecule has 0 aliphatic carbocycles. The summed E-state index contributed by atoms with van der Waals surface area (Å²) in [4.78, 5) is 40.4. The number of amides is 3. The van der Waals surface area contributed by atoms with Crippen molar-refractivity contribution in [2.75, 3.05) is 13.1 Å². The third-order valence-electron chi connectivity index (χ3n) is 6.98. The highest BCUT2D eigenvalue weighted by molar-refractivity contribution is 6.34. The number of imide groups is 1. The van der Waals surface area contributed by atoms with Crippen LogP contribution in [0.15, 0.2) is 42.5 Å². The number of alkyl halides is 3. The van der Waals surface area contributed by atoms with Crippen molar-refractivity contribution in [2.45, 2.75) is 44.6 Å². The minimum absolute atomic E-state index is 0.186. The summed E-state index contributed by atoms with van der Waals surface area (Å²) in [5.41, 5.74) is 3.17. The predicted octanol–water partition coefficient (Wildman–Crippen LogP) is 4.41. The van der Waals surface area contributed by atoms with Crippen molar-refractivity contribution in [2.24, 2.45) is 0 Å². The Morgan fingerprint density at radius 2 is 1.72 bits per heavy atom. The van der Waals surface area contributed by atoms with Gasteiger partial charge in [0.15, 0.2) is 0 Å². The summed E-state index contributed by atoms with van der Waals surface area (Å²) >= 11 is 6.75. The Kier molecular flexibility index (Phi) is 6.38. The van der Waals surface area contributed by atoms with Gasteiger partial charge in [0.2, 0.25) is 11.8 Å². The van der Waals surface area contributed by atoms with Crippen molar-refractivity contribution in [3.05, 3.63) is 75.3 Å². The Labute approximate surface area is 210 Å². The van der Waals surface area contributed by atoms with E-state index < -0.39 is 23.7 Å². The van der Waals surface area contributed by atoms with Gasteiger partial charge in [-0.15, -0.1) is 0 Å². The van der Waals surface area contributed by atoms with Gasteiger partial charge in [-0.3, -0.25) is 24.6 Å². The van der Waals surface area contributed by atoms with E-state index in [4.69, 9.17) is 11.6 Å². The van der Waals surface area contributed by atoms with Gasteiger partial charge in [0, 0.05) is 43.7 Å². The molecule has 5 rings (SSSR count). The van der Waals surface area contributed by atoms with Crippen LogP contribution in [-0.2, 0) is 28.9 Å². The molecule has 1 saturated heterocycles. The van der Waals surface area contributed by atoms with Crippen LogP contribution >= 0.6 is 11.6 Å². The molecule has 10 heteroatoms. The van der Waals surface area contributed by atoms with Crippen LogP contribution in [0, 0.1) is 0 Å². The van der Waals surface area contributed by atoms with Gasteiger partial charge in [-0.05, 0) is 47.7 Å². The summed E-state index contributed by atoms with van der Waals surface area (Å²) in [6, 6.07) is 8.07. The number of benzene rings is 2. The molecule has 6 nitrogen and oxygen atoms in total. The number of hydrogen-bond donors (Lipinski definition) is 1. The van der Waals surface area contributed by atoms with Crippen molar-refractivity contribution < 1.29 is 27.6 Å². The second-order valence-corrected chi connectivity index (χ2v) is 9.64. The quantitative estimate of drug-likeness (QED) is 0.610. The van der Waals surface area contributed by atoms with Gasteiger partial charge in [-0.2, -0.15) is 13.2 Å². The van der Waals surface area contributed by atoms with Crippen LogP contribution < -0.4 is 5.32 Å². The lowest BCUT2D eigenvalue weighted by Gasteiger charge is -2.29. The zero-order chi connectivity index (χ0) is 25.6. The molecular weight excluding hydrogens is 495 g/mol. The number of halogens is 4. The minimum Gasteiger partial charge on any atom is -0.322 e. The summed E-state index contributed by atoms with van der Waals surface area (Å²) in [5, 5.41) is 2.78. The van der Waals surface area contributed by atoms with E-state index in [0.29, 0.717) is 42.2 Å². The molecule has 36 heavy (non-hydrogen) atoms. The predicted molar refractivity (Wildman–Crippen MR) is 127 cm³/mol. The van der Waals surface area contributed by atoms with Gasteiger partial charge >= 0.3 is 6.18 Å². The maximum absolute atomic E-state index is 13.0. The van der Waals surface area contributed by atoms with E-state index in [2.05, 4.69) is 16.3 Å². The van der Waals surface area contributed by atoms with E-state index >= 15 is 0 Å². The zero-order valence-corrected chi connectivity index (χ0v) is 20.0. The minimum atomic E-state index is -4.35. The van der Waals surface area contributed by atoms with Crippen LogP contribution in [0.2, 0.25) is 5.02 Å². The fraction of sp³-hybridized carbons (Fsp3) is 0.346. The van der Waals surface area contributed by atoms with Crippen molar-refractivity contribution in [1.29, 1.82) is 0 Å². The third kappa shape index (κ3) is 4.65. The normalized spacial score (nSPS) is 20.9. The van der Waals surface area contributed by atoms with Crippen LogP contribution in [0.5, 0.6) is 0 Å². The summed E-state index contributed by atoms with van der Waals surface area (Å²) in [5.74, 6) is -1.07. The maximum atomic E-state index is 13.0. The van der Waals surface area contributed by atoms with E-state index in [-0.39, 0.29) is 31.2 Å². The molecule has 3 heterocycles. The molecule has 1 atom stereocenters. The van der Waals surface area contributed by atoms with Gasteiger partial charge < -0.3 is 4.90 Å². The molecular formula is C26H23ClF3N3O3. The number of nitrogens with zero attached hydrogens (tertiary/aromatic N) is 2. The van der Waals surface area contributed by atoms with Crippen molar-refractivity contribution in [1.82, 2.24) is 15.1 Å². The van der Waals surface area contributed by atoms with Gasteiger partial charge in [0.1, 0.15) is 6.04 Å². The number of carbonyl (C=O) groups is 3. The molecule has 0 spiro atoms. The summed E-state index contributed by atoms with van der Waals surface area (Å²) in [7, 11) is 0. The topological polar surface area (TPSA) is 69.7 Å². The second-order valence-electron chi connectivity index (χ2n) is 9.26. The molecule has 3 aliphatic rings. The lowest BCUT2D eigenvalue weighted by Crippen LogP contribution is -2.52. The Bertz CT molecular complexity index is 1270. The van der Waals surface area contributed by atoms with Crippen LogP contribution in [-0.4, -0.2) is 46.7 Å². The average Bonchev–Trinajstić information content (AvgIpc) is 3.17. The SMILES string of the molecule is O=C1CCC(N2Cc3c(ccc(C4=CCN(Cc5ccc(C(F)(F)F)cc5)CC4)c3Cl)C2=O)C(=O)N1. The molecule has 1 N–H and O–H groups in total. The molecule has 1 unspecified atom stereocenters. The standard InChI is InChI=1S/C26H23ClF3N3O3/c27-23-18(5-6-19-20(23)14-33(25(19)36)21-7-8-22(34)31-24(21)35)16-9-11-32(12-10-16)13-15-1-3-17(4-2-15)26(28,29)30/h1-6,9,21H,7-8,10-14H2,(H,31,34,35). The van der Waals surface area contributed by atoms with Gasteiger partial charge in [0.05, 0.1) is 10.6 Å². The first-order valence-corrected chi connectivity index (χ1v) is 12.0. The van der Waals surface area contributed by atoms with Gasteiger partial charge in [-0.1, -0.05) is 35.9 Å². The van der Waals surface area contributed by atoms with E-state index in [1.807, 2.05) is 6.07 Å². The zero-order valence-electron chi connectivity index (χ0n) is 19.2. The highest BCUT2D eigenvalue weighted by Crippen LogP contribution is 2.38. The van der Waals surface area contributed by atoms with Crippen molar-refractivity contribution in [3.8, 4) is 0 Å². The number of rotatable bonds is 4. The van der Waals surface area contributed by atoms with E-state index in [9.17, 15) is 27.6 Å². The number of nitrogens with one attached hydrogen (secondary N) is 1. The Hall–Kier alpha value is -3.17. The fourth-order valence-corrected chi connectivity index (χ4v) is 5.35. The molecule has 0 radical (unpaired) electrons. The monoisotopic (exact) mass is 517 g/mol. The highest BCUT2D eigenvalue weighted by atomic mass is 35.5. The third-order valence-corrected chi connectivity index (χ3v) is 7.41. The first-order valence-electron chi connectivity index (χ1n) is 11.7. The summed E-state index contributed by atoms with van der Waals surface area (Å²) < 4.78 is 38.4.